The molecule has 0 saturated heterocycles. The quantitative estimate of drug-likeness (QED) is 0.0462. The van der Waals surface area contributed by atoms with Crippen molar-refractivity contribution in [2.45, 2.75) is 252 Å². The van der Waals surface area contributed by atoms with Crippen LogP contribution in [-0.4, -0.2) is 21.9 Å². The average Bonchev–Trinajstić information content (AvgIpc) is 3.28. The fourth-order valence-corrected chi connectivity index (χ4v) is 9.87. The van der Waals surface area contributed by atoms with Gasteiger partial charge >= 0.3 is 0 Å². The van der Waals surface area contributed by atoms with Gasteiger partial charge in [-0.15, -0.1) is 0 Å². The minimum atomic E-state index is -0.601. The number of aromatic hydroxyl groups is 1. The summed E-state index contributed by atoms with van der Waals surface area (Å²) in [6.45, 7) is 20.0. The average molecular weight is 917 g/mol. The molecule has 0 atom stereocenters. The van der Waals surface area contributed by atoms with Crippen LogP contribution in [0.1, 0.15) is 231 Å². The topological polar surface area (TPSA) is 47.9 Å². The number of rotatable bonds is 36. The monoisotopic (exact) mass is 917 g/mol. The third-order valence-electron chi connectivity index (χ3n) is 13.6. The van der Waals surface area contributed by atoms with Crippen LogP contribution in [0.25, 0.3) is 0 Å². The van der Waals surface area contributed by atoms with Crippen molar-refractivity contribution in [3.63, 3.8) is 0 Å². The minimum absolute atomic E-state index is 0.306. The van der Waals surface area contributed by atoms with Crippen molar-refractivity contribution in [3.8, 4) is 23.0 Å². The van der Waals surface area contributed by atoms with E-state index < -0.39 is 16.8 Å². The fourth-order valence-electron chi connectivity index (χ4n) is 9.87. The predicted octanol–water partition coefficient (Wildman–Crippen LogP) is 18.5. The van der Waals surface area contributed by atoms with Gasteiger partial charge in [-0.05, 0) is 132 Å². The fraction of sp³-hybridized carbons (Fsp3) is 0.619. The lowest BCUT2D eigenvalue weighted by Gasteiger charge is -2.34. The van der Waals surface area contributed by atoms with Crippen LogP contribution in [0, 0.1) is 0 Å². The summed E-state index contributed by atoms with van der Waals surface area (Å²) in [4.78, 5) is 0. The molecule has 0 saturated carbocycles. The number of phenolic OH excluding ortho intramolecular Hbond substituents is 1. The Kier molecular flexibility index (Phi) is 24.8. The van der Waals surface area contributed by atoms with Crippen LogP contribution < -0.4 is 14.2 Å². The van der Waals surface area contributed by atoms with Gasteiger partial charge in [0.25, 0.3) is 0 Å². The first-order valence-electron chi connectivity index (χ1n) is 27.4. The molecule has 0 amide bonds. The summed E-state index contributed by atoms with van der Waals surface area (Å²) < 4.78 is 21.1. The number of aryl methyl sites for hydroxylation is 3. The Balaban J connectivity index is 1.60. The second kappa shape index (κ2) is 29.9. The molecule has 0 radical (unpaired) electrons. The molecule has 0 aromatic heterocycles. The number of benzene rings is 4. The van der Waals surface area contributed by atoms with Crippen LogP contribution in [0.3, 0.4) is 0 Å². The Bertz CT molecular complexity index is 1960. The van der Waals surface area contributed by atoms with E-state index in [9.17, 15) is 5.11 Å². The van der Waals surface area contributed by atoms with Crippen molar-refractivity contribution in [1.82, 2.24) is 0 Å². The number of hydrogen-bond acceptors (Lipinski definition) is 4. The standard InChI is InChI=1S/C63H96O4/c1-10-13-16-19-22-25-28-37-51-40-31-34-43-58(51)65-61(4,5)48-54-46-47-57(64)56(50-63(8,9)67-60-45-36-33-42-53(60)39-30-27-24-21-18-15-12-3)55(54)49-62(6,7)66-59-44-35-32-41-52(59)38-29-26-23-20-17-14-11-2/h31-36,40-47,64H,10-30,37-39,48-50H2,1-9H3. The summed E-state index contributed by atoms with van der Waals surface area (Å²) in [5.41, 5.74) is 5.34. The Morgan fingerprint density at radius 1 is 0.328 bits per heavy atom. The Morgan fingerprint density at radius 2 is 0.627 bits per heavy atom. The maximum absolute atomic E-state index is 11.9. The van der Waals surface area contributed by atoms with Crippen molar-refractivity contribution in [1.29, 1.82) is 0 Å². The molecule has 372 valence electrons. The lowest BCUT2D eigenvalue weighted by molar-refractivity contribution is 0.0978. The largest absolute Gasteiger partial charge is 0.508 e. The molecule has 67 heavy (non-hydrogen) atoms. The number of phenols is 1. The summed E-state index contributed by atoms with van der Waals surface area (Å²) >= 11 is 0. The third kappa shape index (κ3) is 21.1. The van der Waals surface area contributed by atoms with Gasteiger partial charge in [0.15, 0.2) is 0 Å². The van der Waals surface area contributed by atoms with Gasteiger partial charge in [0.1, 0.15) is 39.8 Å². The zero-order chi connectivity index (χ0) is 48.4. The molecule has 0 unspecified atom stereocenters. The lowest BCUT2D eigenvalue weighted by atomic mass is 9.82. The number of ether oxygens (including phenoxy) is 3. The summed E-state index contributed by atoms with van der Waals surface area (Å²) in [7, 11) is 0. The van der Waals surface area contributed by atoms with Crippen LogP contribution >= 0.6 is 0 Å². The van der Waals surface area contributed by atoms with Gasteiger partial charge in [0.05, 0.1) is 0 Å². The molecule has 4 rings (SSSR count). The molecule has 4 nitrogen and oxygen atoms in total. The first-order valence-corrected chi connectivity index (χ1v) is 27.4. The SMILES string of the molecule is CCCCCCCCCc1ccccc1OC(C)(C)Cc1ccc(O)c(CC(C)(C)Oc2ccccc2CCCCCCCCC)c1CC(C)(C)Oc1ccccc1CCCCCCCCC. The van der Waals surface area contributed by atoms with E-state index in [1.165, 1.54) is 157 Å². The van der Waals surface area contributed by atoms with Crippen LogP contribution in [0.4, 0.5) is 0 Å². The predicted molar refractivity (Wildman–Crippen MR) is 288 cm³/mol. The van der Waals surface area contributed by atoms with E-state index in [1.807, 2.05) is 6.07 Å². The van der Waals surface area contributed by atoms with Crippen molar-refractivity contribution in [3.05, 3.63) is 118 Å². The Morgan fingerprint density at radius 3 is 0.985 bits per heavy atom. The highest BCUT2D eigenvalue weighted by Gasteiger charge is 2.32. The van der Waals surface area contributed by atoms with E-state index in [0.29, 0.717) is 25.0 Å². The molecule has 4 aromatic carbocycles. The molecule has 1 N–H and O–H groups in total. The normalized spacial score (nSPS) is 12.1. The molecular weight excluding hydrogens is 821 g/mol. The molecule has 4 heteroatoms. The number of para-hydroxylation sites is 3. The highest BCUT2D eigenvalue weighted by molar-refractivity contribution is 5.48. The highest BCUT2D eigenvalue weighted by atomic mass is 16.5. The number of hydrogen-bond donors (Lipinski definition) is 1. The number of unbranched alkanes of at least 4 members (excludes halogenated alkanes) is 18. The molecule has 0 aliphatic rings. The van der Waals surface area contributed by atoms with Crippen molar-refractivity contribution in [2.75, 3.05) is 0 Å². The molecule has 0 fully saturated rings. The molecule has 0 bridgehead atoms. The van der Waals surface area contributed by atoms with E-state index in [0.717, 1.165) is 47.6 Å². The molecule has 0 spiro atoms. The van der Waals surface area contributed by atoms with Gasteiger partial charge in [0, 0.05) is 24.8 Å². The van der Waals surface area contributed by atoms with Crippen LogP contribution in [0.5, 0.6) is 23.0 Å². The lowest BCUT2D eigenvalue weighted by Crippen LogP contribution is -2.36. The van der Waals surface area contributed by atoms with Crippen molar-refractivity contribution < 1.29 is 19.3 Å². The smallest absolute Gasteiger partial charge is 0.123 e. The third-order valence-corrected chi connectivity index (χ3v) is 13.6. The summed E-state index contributed by atoms with van der Waals surface area (Å²) in [5, 5.41) is 11.9. The first kappa shape index (κ1) is 55.7. The second-order valence-corrected chi connectivity index (χ2v) is 21.8. The van der Waals surface area contributed by atoms with Crippen LogP contribution in [0.15, 0.2) is 84.9 Å². The van der Waals surface area contributed by atoms with Crippen LogP contribution in [0.2, 0.25) is 0 Å². The summed E-state index contributed by atoms with van der Waals surface area (Å²) in [5.74, 6) is 3.19. The maximum Gasteiger partial charge on any atom is 0.123 e. The van der Waals surface area contributed by atoms with E-state index in [-0.39, 0.29) is 0 Å². The molecule has 0 aliphatic heterocycles. The zero-order valence-electron chi connectivity index (χ0n) is 44.3. The first-order chi connectivity index (χ1) is 32.3. The Labute approximate surface area is 411 Å². The Hall–Kier alpha value is -3.92. The van der Waals surface area contributed by atoms with Gasteiger partial charge < -0.3 is 19.3 Å². The van der Waals surface area contributed by atoms with Gasteiger partial charge in [-0.25, -0.2) is 0 Å². The molecule has 0 aliphatic carbocycles. The van der Waals surface area contributed by atoms with Crippen LogP contribution in [-0.2, 0) is 38.5 Å². The molecular formula is C63H96O4. The second-order valence-electron chi connectivity index (χ2n) is 21.8. The van der Waals surface area contributed by atoms with E-state index >= 15 is 0 Å². The van der Waals surface area contributed by atoms with Crippen molar-refractivity contribution in [2.24, 2.45) is 0 Å². The summed E-state index contributed by atoms with van der Waals surface area (Å²) in [6, 6.07) is 29.9. The van der Waals surface area contributed by atoms with E-state index in [2.05, 4.69) is 141 Å². The minimum Gasteiger partial charge on any atom is -0.508 e. The van der Waals surface area contributed by atoms with Gasteiger partial charge in [-0.2, -0.15) is 0 Å². The highest BCUT2D eigenvalue weighted by Crippen LogP contribution is 2.38. The molecule has 4 aromatic rings. The van der Waals surface area contributed by atoms with E-state index in [1.54, 1.807) is 0 Å². The van der Waals surface area contributed by atoms with Gasteiger partial charge in [-0.1, -0.05) is 197 Å². The van der Waals surface area contributed by atoms with Gasteiger partial charge in [-0.3, -0.25) is 0 Å². The summed E-state index contributed by atoms with van der Waals surface area (Å²) in [6.07, 6.45) is 31.9. The van der Waals surface area contributed by atoms with Gasteiger partial charge in [0.2, 0.25) is 0 Å². The molecule has 0 heterocycles. The van der Waals surface area contributed by atoms with Crippen molar-refractivity contribution >= 4 is 0 Å². The maximum atomic E-state index is 11.9. The zero-order valence-corrected chi connectivity index (χ0v) is 44.3. The van der Waals surface area contributed by atoms with E-state index in [4.69, 9.17) is 14.2 Å².